The molecule has 0 amide bonds. The lowest BCUT2D eigenvalue weighted by molar-refractivity contribution is 0.418. The van der Waals surface area contributed by atoms with Crippen molar-refractivity contribution < 1.29 is 13.9 Å². The van der Waals surface area contributed by atoms with Crippen LogP contribution in [-0.4, -0.2) is 5.11 Å². The molecule has 0 aliphatic heterocycles. The smallest absolute Gasteiger partial charge is 0.343 e. The molecule has 3 aromatic rings. The highest BCUT2D eigenvalue weighted by molar-refractivity contribution is 5.82. The van der Waals surface area contributed by atoms with E-state index in [1.807, 2.05) is 30.3 Å². The molecule has 0 radical (unpaired) electrons. The Morgan fingerprint density at radius 1 is 1.17 bits per heavy atom. The quantitative estimate of drug-likeness (QED) is 0.751. The van der Waals surface area contributed by atoms with Crippen molar-refractivity contribution in [3.8, 4) is 17.3 Å². The predicted molar refractivity (Wildman–Crippen MR) is 92.2 cm³/mol. The second-order valence-electron chi connectivity index (χ2n) is 6.67. The van der Waals surface area contributed by atoms with Crippen LogP contribution in [-0.2, 0) is 6.42 Å². The molecular weight excluding hydrogens is 304 g/mol. The lowest BCUT2D eigenvalue weighted by Crippen LogP contribution is -2.09. The monoisotopic (exact) mass is 324 g/mol. The molecule has 1 saturated carbocycles. The van der Waals surface area contributed by atoms with Gasteiger partial charge in [0, 0.05) is 10.9 Å². The molecule has 4 heteroatoms. The van der Waals surface area contributed by atoms with Crippen LogP contribution >= 0.6 is 0 Å². The number of hydrogen-bond acceptors (Lipinski definition) is 4. The Kier molecular flexibility index (Phi) is 3.68. The zero-order valence-electron chi connectivity index (χ0n) is 13.7. The first-order valence-electron chi connectivity index (χ1n) is 8.48. The summed E-state index contributed by atoms with van der Waals surface area (Å²) >= 11 is 0. The van der Waals surface area contributed by atoms with E-state index in [-0.39, 0.29) is 11.3 Å². The molecule has 24 heavy (non-hydrogen) atoms. The second-order valence-corrected chi connectivity index (χ2v) is 6.67. The van der Waals surface area contributed by atoms with Crippen LogP contribution < -0.4 is 5.63 Å². The number of furan rings is 1. The molecule has 4 rings (SSSR count). The van der Waals surface area contributed by atoms with Crippen molar-refractivity contribution >= 4 is 11.0 Å². The van der Waals surface area contributed by atoms with Gasteiger partial charge < -0.3 is 13.9 Å². The molecule has 0 spiro atoms. The standard InChI is InChI=1S/C20H20O4/c1-12-18(21)15(10-13-6-2-3-7-13)19(24-20(12)22)17-11-14-8-4-5-9-16(14)23-17/h4-5,8-9,11,13,21H,2-3,6-7,10H2,1H3. The summed E-state index contributed by atoms with van der Waals surface area (Å²) in [7, 11) is 0. The molecule has 2 aromatic heterocycles. The number of rotatable bonds is 3. The van der Waals surface area contributed by atoms with Crippen molar-refractivity contribution in [1.82, 2.24) is 0 Å². The van der Waals surface area contributed by atoms with Crippen molar-refractivity contribution in [1.29, 1.82) is 0 Å². The maximum Gasteiger partial charge on any atom is 0.343 e. The fraction of sp³-hybridized carbons (Fsp3) is 0.350. The van der Waals surface area contributed by atoms with Crippen LogP contribution in [0, 0.1) is 12.8 Å². The molecule has 0 saturated heterocycles. The van der Waals surface area contributed by atoms with Crippen LogP contribution in [0.15, 0.2) is 44.0 Å². The van der Waals surface area contributed by atoms with E-state index in [0.717, 1.165) is 23.8 Å². The predicted octanol–water partition coefficient (Wildman–Crippen LogP) is 4.80. The zero-order chi connectivity index (χ0) is 16.7. The van der Waals surface area contributed by atoms with Gasteiger partial charge >= 0.3 is 5.63 Å². The average molecular weight is 324 g/mol. The Labute approximate surface area is 139 Å². The van der Waals surface area contributed by atoms with E-state index in [1.54, 1.807) is 6.92 Å². The first-order chi connectivity index (χ1) is 11.6. The Morgan fingerprint density at radius 2 is 1.92 bits per heavy atom. The van der Waals surface area contributed by atoms with E-state index in [0.29, 0.717) is 29.4 Å². The third kappa shape index (κ3) is 2.52. The summed E-state index contributed by atoms with van der Waals surface area (Å²) < 4.78 is 11.4. The molecular formula is C20H20O4. The largest absolute Gasteiger partial charge is 0.507 e. The number of hydrogen-bond donors (Lipinski definition) is 1. The number of aromatic hydroxyl groups is 1. The molecule has 124 valence electrons. The minimum atomic E-state index is -0.516. The highest BCUT2D eigenvalue weighted by Crippen LogP contribution is 2.38. The first kappa shape index (κ1) is 15.1. The minimum absolute atomic E-state index is 0.0496. The SMILES string of the molecule is Cc1c(O)c(CC2CCCC2)c(-c2cc3ccccc3o2)oc1=O. The maximum atomic E-state index is 12.1. The molecule has 2 heterocycles. The number of para-hydroxylation sites is 1. The van der Waals surface area contributed by atoms with Crippen LogP contribution in [0.4, 0.5) is 0 Å². The van der Waals surface area contributed by atoms with Gasteiger partial charge in [-0.25, -0.2) is 4.79 Å². The van der Waals surface area contributed by atoms with Crippen molar-refractivity contribution in [2.45, 2.75) is 39.0 Å². The van der Waals surface area contributed by atoms with E-state index in [2.05, 4.69) is 0 Å². The van der Waals surface area contributed by atoms with E-state index in [1.165, 1.54) is 12.8 Å². The molecule has 0 atom stereocenters. The van der Waals surface area contributed by atoms with Gasteiger partial charge in [-0.2, -0.15) is 0 Å². The third-order valence-electron chi connectivity index (χ3n) is 5.03. The van der Waals surface area contributed by atoms with Gasteiger partial charge in [-0.3, -0.25) is 0 Å². The summed E-state index contributed by atoms with van der Waals surface area (Å²) in [5, 5.41) is 11.5. The average Bonchev–Trinajstić information content (AvgIpc) is 3.24. The van der Waals surface area contributed by atoms with Crippen LogP contribution in [0.25, 0.3) is 22.5 Å². The lowest BCUT2D eigenvalue weighted by Gasteiger charge is -2.14. The Balaban J connectivity index is 1.87. The highest BCUT2D eigenvalue weighted by Gasteiger charge is 2.25. The molecule has 1 aromatic carbocycles. The fourth-order valence-corrected chi connectivity index (χ4v) is 3.65. The van der Waals surface area contributed by atoms with Crippen LogP contribution in [0.2, 0.25) is 0 Å². The second kappa shape index (κ2) is 5.86. The molecule has 4 nitrogen and oxygen atoms in total. The van der Waals surface area contributed by atoms with E-state index >= 15 is 0 Å². The van der Waals surface area contributed by atoms with Gasteiger partial charge in [0.2, 0.25) is 0 Å². The molecule has 1 fully saturated rings. The van der Waals surface area contributed by atoms with Crippen molar-refractivity contribution in [2.75, 3.05) is 0 Å². The summed E-state index contributed by atoms with van der Waals surface area (Å²) in [4.78, 5) is 12.1. The highest BCUT2D eigenvalue weighted by atomic mass is 16.4. The number of fused-ring (bicyclic) bond motifs is 1. The topological polar surface area (TPSA) is 63.6 Å². The van der Waals surface area contributed by atoms with Crippen molar-refractivity contribution in [2.24, 2.45) is 5.92 Å². The van der Waals surface area contributed by atoms with Gasteiger partial charge in [0.05, 0.1) is 5.56 Å². The molecule has 0 unspecified atom stereocenters. The third-order valence-corrected chi connectivity index (χ3v) is 5.03. The lowest BCUT2D eigenvalue weighted by atomic mass is 9.95. The maximum absolute atomic E-state index is 12.1. The molecule has 1 aliphatic rings. The summed E-state index contributed by atoms with van der Waals surface area (Å²) in [6, 6.07) is 9.52. The van der Waals surface area contributed by atoms with Crippen molar-refractivity contribution in [3.05, 3.63) is 51.9 Å². The fourth-order valence-electron chi connectivity index (χ4n) is 3.65. The van der Waals surface area contributed by atoms with E-state index in [4.69, 9.17) is 8.83 Å². The molecule has 1 aliphatic carbocycles. The van der Waals surface area contributed by atoms with Gasteiger partial charge in [-0.1, -0.05) is 43.9 Å². The van der Waals surface area contributed by atoms with Gasteiger partial charge in [-0.05, 0) is 31.4 Å². The van der Waals surface area contributed by atoms with Crippen LogP contribution in [0.1, 0.15) is 36.8 Å². The van der Waals surface area contributed by atoms with E-state index in [9.17, 15) is 9.90 Å². The number of benzene rings is 1. The summed E-state index contributed by atoms with van der Waals surface area (Å²) in [6.45, 7) is 1.60. The van der Waals surface area contributed by atoms with Gasteiger partial charge in [0.25, 0.3) is 0 Å². The molecule has 1 N–H and O–H groups in total. The van der Waals surface area contributed by atoms with Crippen LogP contribution in [0.5, 0.6) is 5.75 Å². The zero-order valence-corrected chi connectivity index (χ0v) is 13.7. The Hall–Kier alpha value is -2.49. The van der Waals surface area contributed by atoms with Crippen LogP contribution in [0.3, 0.4) is 0 Å². The summed E-state index contributed by atoms with van der Waals surface area (Å²) in [5.41, 5.74) is 1.18. The minimum Gasteiger partial charge on any atom is -0.507 e. The Morgan fingerprint density at radius 3 is 2.67 bits per heavy atom. The summed E-state index contributed by atoms with van der Waals surface area (Å²) in [5.74, 6) is 1.43. The normalized spacial score (nSPS) is 15.4. The van der Waals surface area contributed by atoms with Gasteiger partial charge in [0.15, 0.2) is 11.5 Å². The summed E-state index contributed by atoms with van der Waals surface area (Å²) in [6.07, 6.45) is 5.46. The van der Waals surface area contributed by atoms with Gasteiger partial charge in [0.1, 0.15) is 11.3 Å². The van der Waals surface area contributed by atoms with Crippen molar-refractivity contribution in [3.63, 3.8) is 0 Å². The first-order valence-corrected chi connectivity index (χ1v) is 8.48. The Bertz CT molecular complexity index is 909. The van der Waals surface area contributed by atoms with Gasteiger partial charge in [-0.15, -0.1) is 0 Å². The molecule has 0 bridgehead atoms. The van der Waals surface area contributed by atoms with E-state index < -0.39 is 5.63 Å².